The van der Waals surface area contributed by atoms with Crippen molar-refractivity contribution in [1.82, 2.24) is 5.32 Å². The summed E-state index contributed by atoms with van der Waals surface area (Å²) < 4.78 is 49.7. The molecule has 0 radical (unpaired) electrons. The third-order valence-corrected chi connectivity index (χ3v) is 5.65. The highest BCUT2D eigenvalue weighted by atomic mass is 32.2. The molecule has 2 atom stereocenters. The molecule has 0 aromatic heterocycles. The maximum absolute atomic E-state index is 13.1. The van der Waals surface area contributed by atoms with Gasteiger partial charge < -0.3 is 15.2 Å². The third kappa shape index (κ3) is 5.80. The molecular weight excluding hydrogens is 449 g/mol. The molecule has 1 aliphatic heterocycles. The van der Waals surface area contributed by atoms with Gasteiger partial charge in [0.2, 0.25) is 5.91 Å². The Morgan fingerprint density at radius 2 is 1.88 bits per heavy atom. The molecule has 2 aromatic carbocycles. The Balaban J connectivity index is 1.78. The number of hydrogen-bond acceptors (Lipinski definition) is 7. The Morgan fingerprint density at radius 3 is 2.44 bits per heavy atom. The number of benzene rings is 2. The molecule has 11 heteroatoms. The highest BCUT2D eigenvalue weighted by Gasteiger charge is 2.32. The molecule has 1 saturated heterocycles. The average Bonchev–Trinajstić information content (AvgIpc) is 3.05. The van der Waals surface area contributed by atoms with Crippen LogP contribution in [0.4, 0.5) is 18.0 Å². The fourth-order valence-electron chi connectivity index (χ4n) is 3.05. The van der Waals surface area contributed by atoms with Crippen LogP contribution in [0.3, 0.4) is 0 Å². The van der Waals surface area contributed by atoms with E-state index in [1.165, 1.54) is 6.07 Å². The van der Waals surface area contributed by atoms with Crippen molar-refractivity contribution in [3.63, 3.8) is 0 Å². The van der Waals surface area contributed by atoms with Gasteiger partial charge in [-0.15, -0.1) is 0 Å². The minimum Gasteiger partial charge on any atom is -0.468 e. The first kappa shape index (κ1) is 23.6. The lowest BCUT2D eigenvalue weighted by atomic mass is 10.0. The lowest BCUT2D eigenvalue weighted by Crippen LogP contribution is -2.33. The molecule has 0 aliphatic carbocycles. The lowest BCUT2D eigenvalue weighted by molar-refractivity contribution is -0.142. The summed E-state index contributed by atoms with van der Waals surface area (Å²) in [5.74, 6) is -0.663. The zero-order valence-corrected chi connectivity index (χ0v) is 17.6. The van der Waals surface area contributed by atoms with Crippen molar-refractivity contribution in [3.05, 3.63) is 59.2 Å². The summed E-state index contributed by atoms with van der Waals surface area (Å²) in [5.41, 5.74) is 5.71. The molecule has 2 amide bonds. The van der Waals surface area contributed by atoms with Gasteiger partial charge in [-0.05, 0) is 47.9 Å². The van der Waals surface area contributed by atoms with Crippen molar-refractivity contribution in [2.24, 2.45) is 5.73 Å². The Bertz CT molecular complexity index is 1030. The summed E-state index contributed by atoms with van der Waals surface area (Å²) in [6.45, 7) is 0. The van der Waals surface area contributed by atoms with Crippen LogP contribution in [0.2, 0.25) is 0 Å². The number of nitrogens with one attached hydrogen (secondary N) is 1. The normalized spacial score (nSPS) is 17.1. The van der Waals surface area contributed by atoms with E-state index in [1.54, 1.807) is 24.3 Å². The minimum absolute atomic E-state index is 0.0966. The SMILES string of the molecule is COC(=O)C(N)Cc1cc(C(F)(F)F)ccc1Oc1ccc(CC2SC(=O)NC2=O)cc1. The number of rotatable bonds is 7. The molecule has 170 valence electrons. The van der Waals surface area contributed by atoms with Gasteiger partial charge in [0.15, 0.2) is 0 Å². The summed E-state index contributed by atoms with van der Waals surface area (Å²) in [6, 6.07) is 8.34. The van der Waals surface area contributed by atoms with E-state index in [-0.39, 0.29) is 28.9 Å². The average molecular weight is 468 g/mol. The van der Waals surface area contributed by atoms with Gasteiger partial charge in [-0.25, -0.2) is 0 Å². The van der Waals surface area contributed by atoms with Gasteiger partial charge in [-0.1, -0.05) is 23.9 Å². The number of carbonyl (C=O) groups excluding carboxylic acids is 3. The van der Waals surface area contributed by atoms with E-state index < -0.39 is 29.0 Å². The summed E-state index contributed by atoms with van der Waals surface area (Å²) >= 11 is 0.918. The van der Waals surface area contributed by atoms with E-state index in [0.29, 0.717) is 12.2 Å². The van der Waals surface area contributed by atoms with Crippen LogP contribution in [0.1, 0.15) is 16.7 Å². The Morgan fingerprint density at radius 1 is 1.19 bits per heavy atom. The van der Waals surface area contributed by atoms with Crippen molar-refractivity contribution in [3.8, 4) is 11.5 Å². The number of nitrogens with two attached hydrogens (primary N) is 1. The first-order valence-electron chi connectivity index (χ1n) is 9.38. The fraction of sp³-hybridized carbons (Fsp3) is 0.286. The minimum atomic E-state index is -4.57. The lowest BCUT2D eigenvalue weighted by Gasteiger charge is -2.17. The molecular formula is C21H19F3N2O5S. The maximum atomic E-state index is 13.1. The van der Waals surface area contributed by atoms with Gasteiger partial charge in [0.1, 0.15) is 17.5 Å². The van der Waals surface area contributed by atoms with Crippen molar-refractivity contribution in [1.29, 1.82) is 0 Å². The van der Waals surface area contributed by atoms with Crippen LogP contribution in [0.15, 0.2) is 42.5 Å². The number of methoxy groups -OCH3 is 1. The molecule has 1 heterocycles. The highest BCUT2D eigenvalue weighted by Crippen LogP contribution is 2.35. The molecule has 7 nitrogen and oxygen atoms in total. The second-order valence-electron chi connectivity index (χ2n) is 6.99. The number of halogens is 3. The summed E-state index contributed by atoms with van der Waals surface area (Å²) in [7, 11) is 1.14. The number of ether oxygens (including phenoxy) is 2. The zero-order chi connectivity index (χ0) is 23.5. The Kier molecular flexibility index (Phi) is 7.09. The molecule has 32 heavy (non-hydrogen) atoms. The summed E-state index contributed by atoms with van der Waals surface area (Å²) in [5, 5.41) is 1.31. The van der Waals surface area contributed by atoms with Gasteiger partial charge in [-0.3, -0.25) is 19.7 Å². The van der Waals surface area contributed by atoms with Crippen LogP contribution in [-0.4, -0.2) is 35.5 Å². The van der Waals surface area contributed by atoms with E-state index in [0.717, 1.165) is 36.6 Å². The van der Waals surface area contributed by atoms with Crippen molar-refractivity contribution < 1.29 is 37.0 Å². The number of esters is 1. The Hall–Kier alpha value is -3.05. The predicted octanol–water partition coefficient (Wildman–Crippen LogP) is 3.43. The topological polar surface area (TPSA) is 108 Å². The third-order valence-electron chi connectivity index (χ3n) is 4.67. The number of alkyl halides is 3. The number of thioether (sulfide) groups is 1. The van der Waals surface area contributed by atoms with Crippen LogP contribution in [0, 0.1) is 0 Å². The standard InChI is InChI=1S/C21H19F3N2O5S/c1-30-19(28)15(25)10-12-9-13(21(22,23)24)4-7-16(12)31-14-5-2-11(3-6-14)8-17-18(27)26-20(29)32-17/h2-7,9,15,17H,8,10,25H2,1H3,(H,26,27,29). The molecule has 2 aromatic rings. The van der Waals surface area contributed by atoms with Crippen molar-refractivity contribution in [2.45, 2.75) is 30.3 Å². The van der Waals surface area contributed by atoms with E-state index in [9.17, 15) is 27.6 Å². The molecule has 0 spiro atoms. The Labute approximate surface area is 185 Å². The highest BCUT2D eigenvalue weighted by molar-refractivity contribution is 8.15. The van der Waals surface area contributed by atoms with E-state index in [2.05, 4.69) is 10.1 Å². The summed E-state index contributed by atoms with van der Waals surface area (Å²) in [6.07, 6.45) is -4.45. The molecule has 3 rings (SSSR count). The van der Waals surface area contributed by atoms with Gasteiger partial charge in [0.05, 0.1) is 17.9 Å². The molecule has 1 fully saturated rings. The molecule has 0 saturated carbocycles. The van der Waals surface area contributed by atoms with Crippen LogP contribution in [-0.2, 0) is 33.3 Å². The molecule has 0 bridgehead atoms. The largest absolute Gasteiger partial charge is 0.468 e. The zero-order valence-electron chi connectivity index (χ0n) is 16.8. The monoisotopic (exact) mass is 468 g/mol. The predicted molar refractivity (Wildman–Crippen MR) is 110 cm³/mol. The smallest absolute Gasteiger partial charge is 0.416 e. The van der Waals surface area contributed by atoms with Crippen LogP contribution < -0.4 is 15.8 Å². The van der Waals surface area contributed by atoms with Gasteiger partial charge >= 0.3 is 12.1 Å². The van der Waals surface area contributed by atoms with E-state index in [1.807, 2.05) is 0 Å². The van der Waals surface area contributed by atoms with Gasteiger partial charge in [0, 0.05) is 6.42 Å². The van der Waals surface area contributed by atoms with Crippen LogP contribution in [0.25, 0.3) is 0 Å². The van der Waals surface area contributed by atoms with Crippen molar-refractivity contribution in [2.75, 3.05) is 7.11 Å². The molecule has 1 aliphatic rings. The fourth-order valence-corrected chi connectivity index (χ4v) is 3.91. The second-order valence-corrected chi connectivity index (χ2v) is 8.16. The van der Waals surface area contributed by atoms with E-state index in [4.69, 9.17) is 10.5 Å². The van der Waals surface area contributed by atoms with Gasteiger partial charge in [-0.2, -0.15) is 13.2 Å². The number of imide groups is 1. The van der Waals surface area contributed by atoms with Gasteiger partial charge in [0.25, 0.3) is 5.24 Å². The first-order valence-corrected chi connectivity index (χ1v) is 10.3. The summed E-state index contributed by atoms with van der Waals surface area (Å²) in [4.78, 5) is 34.6. The van der Waals surface area contributed by atoms with Crippen molar-refractivity contribution >= 4 is 28.9 Å². The quantitative estimate of drug-likeness (QED) is 0.600. The second kappa shape index (κ2) is 9.61. The molecule has 3 N–H and O–H groups in total. The molecule has 2 unspecified atom stereocenters. The maximum Gasteiger partial charge on any atom is 0.416 e. The number of carbonyl (C=O) groups is 3. The van der Waals surface area contributed by atoms with Crippen LogP contribution in [0.5, 0.6) is 11.5 Å². The number of hydrogen-bond donors (Lipinski definition) is 2. The van der Waals surface area contributed by atoms with E-state index >= 15 is 0 Å². The van der Waals surface area contributed by atoms with Crippen LogP contribution >= 0.6 is 11.8 Å². The number of amides is 2. The first-order chi connectivity index (χ1) is 15.1.